The molecule has 4 rings (SSSR count). The number of nitrogens with zero attached hydrogens (tertiary/aromatic N) is 2. The minimum absolute atomic E-state index is 0.217. The number of rotatable bonds is 5. The summed E-state index contributed by atoms with van der Waals surface area (Å²) in [6, 6.07) is 8.80. The third-order valence-electron chi connectivity index (χ3n) is 5.53. The largest absolute Gasteiger partial charge is 0.480 e. The van der Waals surface area contributed by atoms with Gasteiger partial charge in [-0.15, -0.1) is 11.8 Å². The standard InChI is InChI=1S/C20H23N3O4S/c1-5-12-14(13(22-27-12)11-9-7-6-8-10-11)21-20(4)17(26)23-15(16(24)25)19(2,3)28-18(20)23/h6-10,15,18,21H,5H2,1-4H3,(H,24,25)/t15-,18+,20-/m0/s1. The normalized spacial score (nSPS) is 28.0. The maximum absolute atomic E-state index is 13.1. The first kappa shape index (κ1) is 18.9. The average molecular weight is 401 g/mol. The van der Waals surface area contributed by atoms with Crippen LogP contribution in [0.1, 0.15) is 33.5 Å². The number of hydrogen-bond donors (Lipinski definition) is 2. The topological polar surface area (TPSA) is 95.7 Å². The zero-order valence-corrected chi connectivity index (χ0v) is 17.0. The summed E-state index contributed by atoms with van der Waals surface area (Å²) in [5.74, 6) is -0.520. The number of carboxylic acid groups (broad SMARTS) is 1. The van der Waals surface area contributed by atoms with E-state index in [2.05, 4.69) is 10.5 Å². The summed E-state index contributed by atoms with van der Waals surface area (Å²) in [5, 5.41) is 17.0. The Labute approximate surface area is 167 Å². The van der Waals surface area contributed by atoms with Crippen molar-refractivity contribution in [2.45, 2.75) is 55.8 Å². The first-order chi connectivity index (χ1) is 13.2. The number of fused-ring (bicyclic) bond motifs is 1. The lowest BCUT2D eigenvalue weighted by Crippen LogP contribution is -2.75. The highest BCUT2D eigenvalue weighted by Crippen LogP contribution is 2.56. The molecule has 8 heteroatoms. The smallest absolute Gasteiger partial charge is 0.327 e. The molecule has 1 aromatic carbocycles. The van der Waals surface area contributed by atoms with Gasteiger partial charge >= 0.3 is 5.97 Å². The van der Waals surface area contributed by atoms with E-state index in [-0.39, 0.29) is 11.3 Å². The van der Waals surface area contributed by atoms with Crippen LogP contribution in [0.15, 0.2) is 34.9 Å². The van der Waals surface area contributed by atoms with E-state index in [1.807, 2.05) is 58.0 Å². The van der Waals surface area contributed by atoms with Gasteiger partial charge < -0.3 is 19.8 Å². The quantitative estimate of drug-likeness (QED) is 0.743. The predicted molar refractivity (Wildman–Crippen MR) is 107 cm³/mol. The van der Waals surface area contributed by atoms with Crippen LogP contribution in [-0.2, 0) is 16.0 Å². The van der Waals surface area contributed by atoms with Crippen molar-refractivity contribution in [3.63, 3.8) is 0 Å². The molecule has 2 N–H and O–H groups in total. The van der Waals surface area contributed by atoms with Crippen LogP contribution in [0.4, 0.5) is 5.69 Å². The van der Waals surface area contributed by atoms with Crippen molar-refractivity contribution in [3.8, 4) is 11.3 Å². The van der Waals surface area contributed by atoms with Gasteiger partial charge in [0.15, 0.2) is 5.76 Å². The molecule has 3 atom stereocenters. The molecule has 148 valence electrons. The molecule has 2 saturated heterocycles. The van der Waals surface area contributed by atoms with E-state index in [1.54, 1.807) is 0 Å². The maximum Gasteiger partial charge on any atom is 0.327 e. The van der Waals surface area contributed by atoms with Crippen molar-refractivity contribution in [1.82, 2.24) is 10.1 Å². The number of benzene rings is 1. The van der Waals surface area contributed by atoms with Crippen LogP contribution >= 0.6 is 11.8 Å². The van der Waals surface area contributed by atoms with Gasteiger partial charge in [0.1, 0.15) is 28.3 Å². The Balaban J connectivity index is 1.70. The second-order valence-electron chi connectivity index (χ2n) is 7.90. The van der Waals surface area contributed by atoms with Crippen LogP contribution in [0.5, 0.6) is 0 Å². The molecule has 7 nitrogen and oxygen atoms in total. The van der Waals surface area contributed by atoms with Gasteiger partial charge in [-0.25, -0.2) is 4.79 Å². The summed E-state index contributed by atoms with van der Waals surface area (Å²) in [6.07, 6.45) is 0.622. The number of amides is 1. The molecule has 2 aliphatic heterocycles. The number of nitrogens with one attached hydrogen (secondary N) is 1. The fourth-order valence-electron chi connectivity index (χ4n) is 4.09. The first-order valence-electron chi connectivity index (χ1n) is 9.26. The van der Waals surface area contributed by atoms with E-state index in [9.17, 15) is 14.7 Å². The Morgan fingerprint density at radius 3 is 2.61 bits per heavy atom. The minimum atomic E-state index is -0.973. The number of aromatic nitrogens is 1. The predicted octanol–water partition coefficient (Wildman–Crippen LogP) is 3.22. The van der Waals surface area contributed by atoms with Gasteiger partial charge in [0.25, 0.3) is 5.91 Å². The minimum Gasteiger partial charge on any atom is -0.480 e. The molecule has 28 heavy (non-hydrogen) atoms. The molecular weight excluding hydrogens is 378 g/mol. The number of β-lactam (4-membered cyclic amide) rings is 1. The second kappa shape index (κ2) is 6.27. The fourth-order valence-corrected chi connectivity index (χ4v) is 5.73. The Morgan fingerprint density at radius 2 is 2.00 bits per heavy atom. The summed E-state index contributed by atoms with van der Waals surface area (Å²) in [4.78, 5) is 26.3. The molecule has 0 aliphatic carbocycles. The van der Waals surface area contributed by atoms with Crippen LogP contribution in [0.2, 0.25) is 0 Å². The number of carboxylic acids is 1. The van der Waals surface area contributed by atoms with E-state index in [0.717, 1.165) is 5.56 Å². The van der Waals surface area contributed by atoms with Crippen molar-refractivity contribution in [2.75, 3.05) is 5.32 Å². The molecule has 1 amide bonds. The highest BCUT2D eigenvalue weighted by molar-refractivity contribution is 8.01. The second-order valence-corrected chi connectivity index (χ2v) is 9.64. The molecule has 0 radical (unpaired) electrons. The summed E-state index contributed by atoms with van der Waals surface area (Å²) in [6.45, 7) is 7.53. The monoisotopic (exact) mass is 401 g/mol. The SMILES string of the molecule is CCc1onc(-c2ccccc2)c1N[C@@]1(C)C(=O)N2[C@@H](C(=O)O)C(C)(C)S[C@@H]21. The fraction of sp³-hybridized carbons (Fsp3) is 0.450. The highest BCUT2D eigenvalue weighted by Gasteiger charge is 2.69. The third-order valence-corrected chi connectivity index (χ3v) is 7.28. The first-order valence-corrected chi connectivity index (χ1v) is 10.1. The number of thioether (sulfide) groups is 1. The van der Waals surface area contributed by atoms with Crippen LogP contribution in [-0.4, -0.2) is 48.7 Å². The number of aliphatic carboxylic acids is 1. The maximum atomic E-state index is 13.1. The van der Waals surface area contributed by atoms with Gasteiger partial charge in [-0.3, -0.25) is 4.79 Å². The number of aryl methyl sites for hydroxylation is 1. The van der Waals surface area contributed by atoms with Gasteiger partial charge in [-0.05, 0) is 20.8 Å². The molecule has 2 aliphatic rings. The van der Waals surface area contributed by atoms with Crippen LogP contribution in [0.3, 0.4) is 0 Å². The van der Waals surface area contributed by atoms with E-state index >= 15 is 0 Å². The molecular formula is C20H23N3O4S. The lowest BCUT2D eigenvalue weighted by atomic mass is 9.85. The zero-order valence-electron chi connectivity index (χ0n) is 16.2. The van der Waals surface area contributed by atoms with E-state index in [0.29, 0.717) is 23.6 Å². The molecule has 3 heterocycles. The van der Waals surface area contributed by atoms with E-state index < -0.39 is 22.3 Å². The number of carbonyl (C=O) groups is 2. The molecule has 0 spiro atoms. The number of anilines is 1. The Kier molecular flexibility index (Phi) is 4.22. The lowest BCUT2D eigenvalue weighted by molar-refractivity contribution is -0.163. The van der Waals surface area contributed by atoms with E-state index in [4.69, 9.17) is 4.52 Å². The van der Waals surface area contributed by atoms with Gasteiger partial charge in [0, 0.05) is 16.7 Å². The van der Waals surface area contributed by atoms with Gasteiger partial charge in [0.05, 0.1) is 0 Å². The summed E-state index contributed by atoms with van der Waals surface area (Å²) in [7, 11) is 0. The molecule has 2 aromatic rings. The highest BCUT2D eigenvalue weighted by atomic mass is 32.2. The van der Waals surface area contributed by atoms with Crippen molar-refractivity contribution in [1.29, 1.82) is 0 Å². The van der Waals surface area contributed by atoms with Crippen LogP contribution in [0.25, 0.3) is 11.3 Å². The van der Waals surface area contributed by atoms with Gasteiger partial charge in [0.2, 0.25) is 0 Å². The van der Waals surface area contributed by atoms with Crippen molar-refractivity contribution in [2.24, 2.45) is 0 Å². The van der Waals surface area contributed by atoms with Crippen molar-refractivity contribution < 1.29 is 19.2 Å². The summed E-state index contributed by atoms with van der Waals surface area (Å²) < 4.78 is 4.95. The Hall–Kier alpha value is -2.48. The van der Waals surface area contributed by atoms with Crippen molar-refractivity contribution in [3.05, 3.63) is 36.1 Å². The van der Waals surface area contributed by atoms with Gasteiger partial charge in [-0.1, -0.05) is 42.4 Å². The lowest BCUT2D eigenvalue weighted by Gasteiger charge is -2.51. The van der Waals surface area contributed by atoms with Gasteiger partial charge in [-0.2, -0.15) is 0 Å². The molecule has 0 unspecified atom stereocenters. The van der Waals surface area contributed by atoms with Crippen LogP contribution in [0, 0.1) is 0 Å². The number of hydrogen-bond acceptors (Lipinski definition) is 6. The molecule has 0 saturated carbocycles. The number of carbonyl (C=O) groups excluding carboxylic acids is 1. The summed E-state index contributed by atoms with van der Waals surface area (Å²) >= 11 is 1.51. The average Bonchev–Trinajstić information content (AvgIpc) is 3.18. The Bertz CT molecular complexity index is 942. The summed E-state index contributed by atoms with van der Waals surface area (Å²) in [5.41, 5.74) is 1.32. The molecule has 1 aromatic heterocycles. The van der Waals surface area contributed by atoms with Crippen LogP contribution < -0.4 is 5.32 Å². The Morgan fingerprint density at radius 1 is 1.32 bits per heavy atom. The zero-order chi connectivity index (χ0) is 20.3. The van der Waals surface area contributed by atoms with E-state index in [1.165, 1.54) is 16.7 Å². The third kappa shape index (κ3) is 2.54. The van der Waals surface area contributed by atoms with Crippen molar-refractivity contribution >= 4 is 29.3 Å². The molecule has 0 bridgehead atoms. The molecule has 2 fully saturated rings.